The summed E-state index contributed by atoms with van der Waals surface area (Å²) in [6, 6.07) is 13.7. The van der Waals surface area contributed by atoms with Crippen molar-refractivity contribution in [2.24, 2.45) is 10.2 Å². The third-order valence-corrected chi connectivity index (χ3v) is 6.16. The quantitative estimate of drug-likeness (QED) is 0.203. The van der Waals surface area contributed by atoms with Crippen LogP contribution in [0.15, 0.2) is 58.8 Å². The second-order valence-electron chi connectivity index (χ2n) is 7.51. The average molecular weight is 468 g/mol. The number of anilines is 1. The summed E-state index contributed by atoms with van der Waals surface area (Å²) in [4.78, 5) is 17.4. The molecule has 1 unspecified atom stereocenters. The number of thiazole rings is 1. The van der Waals surface area contributed by atoms with Crippen molar-refractivity contribution in [1.82, 2.24) is 4.98 Å². The Morgan fingerprint density at radius 2 is 1.85 bits per heavy atom. The third kappa shape index (κ3) is 5.33. The van der Waals surface area contributed by atoms with Crippen LogP contribution in [0.1, 0.15) is 0 Å². The van der Waals surface area contributed by atoms with Crippen molar-refractivity contribution in [2.75, 3.05) is 44.4 Å². The van der Waals surface area contributed by atoms with Gasteiger partial charge in [-0.3, -0.25) is 10.1 Å². The van der Waals surface area contributed by atoms with Crippen LogP contribution in [0.3, 0.4) is 0 Å². The summed E-state index contributed by atoms with van der Waals surface area (Å²) in [5.41, 5.74) is 2.17. The standard InChI is InChI=1S/C22H21N5O5S/c28-27(29)17-5-3-16(4-6-17)24-25-21-20(23-22(33-21)26-9-11-30-12-10-26)15-1-7-18(8-2-15)31-13-19-14-32-19/h1-8,19H,9-14H2. The molecule has 11 heteroatoms. The van der Waals surface area contributed by atoms with Crippen molar-refractivity contribution in [3.05, 3.63) is 58.6 Å². The van der Waals surface area contributed by atoms with Gasteiger partial charge >= 0.3 is 0 Å². The van der Waals surface area contributed by atoms with Crippen molar-refractivity contribution in [3.63, 3.8) is 0 Å². The van der Waals surface area contributed by atoms with Crippen molar-refractivity contribution < 1.29 is 19.1 Å². The first-order valence-corrected chi connectivity index (χ1v) is 11.3. The Bertz CT molecular complexity index is 1140. The van der Waals surface area contributed by atoms with E-state index in [-0.39, 0.29) is 11.8 Å². The highest BCUT2D eigenvalue weighted by molar-refractivity contribution is 7.19. The number of rotatable bonds is 8. The van der Waals surface area contributed by atoms with E-state index >= 15 is 0 Å². The van der Waals surface area contributed by atoms with Crippen LogP contribution in [0, 0.1) is 10.1 Å². The number of nitro groups is 1. The molecular formula is C22H21N5O5S. The number of benzene rings is 2. The zero-order chi connectivity index (χ0) is 22.6. The van der Waals surface area contributed by atoms with E-state index < -0.39 is 4.92 Å². The number of hydrogen-bond donors (Lipinski definition) is 0. The largest absolute Gasteiger partial charge is 0.491 e. The summed E-state index contributed by atoms with van der Waals surface area (Å²) in [5.74, 6) is 0.770. The molecule has 0 spiro atoms. The Hall–Kier alpha value is -3.41. The minimum atomic E-state index is -0.443. The zero-order valence-corrected chi connectivity index (χ0v) is 18.4. The van der Waals surface area contributed by atoms with E-state index in [4.69, 9.17) is 19.2 Å². The van der Waals surface area contributed by atoms with E-state index in [0.29, 0.717) is 30.5 Å². The molecule has 3 heterocycles. The third-order valence-electron chi connectivity index (χ3n) is 5.16. The van der Waals surface area contributed by atoms with Gasteiger partial charge in [0.1, 0.15) is 24.2 Å². The lowest BCUT2D eigenvalue weighted by molar-refractivity contribution is -0.384. The van der Waals surface area contributed by atoms with Gasteiger partial charge in [0, 0.05) is 30.8 Å². The number of nitro benzene ring substituents is 1. The van der Waals surface area contributed by atoms with E-state index in [1.54, 1.807) is 12.1 Å². The molecule has 1 atom stereocenters. The van der Waals surface area contributed by atoms with Gasteiger partial charge in [-0.2, -0.15) is 0 Å². The maximum atomic E-state index is 10.9. The number of epoxide rings is 1. The van der Waals surface area contributed by atoms with E-state index in [2.05, 4.69) is 15.1 Å². The molecule has 0 bridgehead atoms. The number of non-ortho nitro benzene ring substituents is 1. The summed E-state index contributed by atoms with van der Waals surface area (Å²) in [5, 5.41) is 21.1. The molecule has 2 aliphatic rings. The molecule has 0 amide bonds. The smallest absolute Gasteiger partial charge is 0.269 e. The second kappa shape index (κ2) is 9.61. The molecule has 1 aromatic heterocycles. The van der Waals surface area contributed by atoms with Crippen LogP contribution in [0.25, 0.3) is 11.3 Å². The number of morpholine rings is 1. The first kappa shape index (κ1) is 21.4. The highest BCUT2D eigenvalue weighted by Crippen LogP contribution is 2.41. The average Bonchev–Trinajstić information content (AvgIpc) is 3.59. The van der Waals surface area contributed by atoms with Gasteiger partial charge in [-0.05, 0) is 36.4 Å². The Balaban J connectivity index is 1.41. The Kier molecular flexibility index (Phi) is 6.24. The number of ether oxygens (including phenoxy) is 3. The summed E-state index contributed by atoms with van der Waals surface area (Å²) in [6.45, 7) is 4.15. The summed E-state index contributed by atoms with van der Waals surface area (Å²) in [7, 11) is 0. The van der Waals surface area contributed by atoms with Crippen LogP contribution in [0.2, 0.25) is 0 Å². The van der Waals surface area contributed by atoms with Gasteiger partial charge in [-0.25, -0.2) is 4.98 Å². The van der Waals surface area contributed by atoms with E-state index in [1.165, 1.54) is 23.5 Å². The zero-order valence-electron chi connectivity index (χ0n) is 17.6. The van der Waals surface area contributed by atoms with Crippen molar-refractivity contribution in [3.8, 4) is 17.0 Å². The Morgan fingerprint density at radius 3 is 2.52 bits per heavy atom. The molecule has 3 aromatic rings. The molecule has 0 N–H and O–H groups in total. The Labute approximate surface area is 193 Å². The van der Waals surface area contributed by atoms with E-state index in [9.17, 15) is 10.1 Å². The minimum absolute atomic E-state index is 0.0117. The summed E-state index contributed by atoms with van der Waals surface area (Å²) >= 11 is 1.46. The van der Waals surface area contributed by atoms with Crippen molar-refractivity contribution in [2.45, 2.75) is 6.10 Å². The molecule has 2 aliphatic heterocycles. The van der Waals surface area contributed by atoms with Crippen LogP contribution in [-0.4, -0.2) is 55.5 Å². The SMILES string of the molecule is O=[N+]([O-])c1ccc(N=Nc2sc(N3CCOCC3)nc2-c2ccc(OCC3CO3)cc2)cc1. The molecule has 0 saturated carbocycles. The Morgan fingerprint density at radius 1 is 1.12 bits per heavy atom. The molecule has 2 saturated heterocycles. The van der Waals surface area contributed by atoms with Crippen LogP contribution in [0.5, 0.6) is 5.75 Å². The maximum Gasteiger partial charge on any atom is 0.269 e. The van der Waals surface area contributed by atoms with Crippen molar-refractivity contribution >= 4 is 32.8 Å². The first-order chi connectivity index (χ1) is 16.2. The lowest BCUT2D eigenvalue weighted by Gasteiger charge is -2.25. The number of hydrogen-bond acceptors (Lipinski definition) is 10. The fourth-order valence-electron chi connectivity index (χ4n) is 3.25. The van der Waals surface area contributed by atoms with Gasteiger partial charge in [0.2, 0.25) is 0 Å². The topological polar surface area (TPSA) is 115 Å². The number of nitrogens with zero attached hydrogens (tertiary/aromatic N) is 5. The van der Waals surface area contributed by atoms with Gasteiger partial charge < -0.3 is 19.1 Å². The van der Waals surface area contributed by atoms with E-state index in [0.717, 1.165) is 41.8 Å². The highest BCUT2D eigenvalue weighted by Gasteiger charge is 2.23. The molecule has 2 fully saturated rings. The molecule has 2 aromatic carbocycles. The molecule has 5 rings (SSSR count). The number of azo groups is 1. The van der Waals surface area contributed by atoms with Crippen LogP contribution >= 0.6 is 11.3 Å². The van der Waals surface area contributed by atoms with Gasteiger partial charge in [0.25, 0.3) is 5.69 Å². The first-order valence-electron chi connectivity index (χ1n) is 10.5. The van der Waals surface area contributed by atoms with Crippen molar-refractivity contribution in [1.29, 1.82) is 0 Å². The lowest BCUT2D eigenvalue weighted by atomic mass is 10.1. The van der Waals surface area contributed by atoms with Crippen LogP contribution in [0.4, 0.5) is 21.5 Å². The van der Waals surface area contributed by atoms with E-state index in [1.807, 2.05) is 24.3 Å². The van der Waals surface area contributed by atoms with Gasteiger partial charge in [0.15, 0.2) is 10.1 Å². The highest BCUT2D eigenvalue weighted by atomic mass is 32.1. The molecule has 10 nitrogen and oxygen atoms in total. The fraction of sp³-hybridized carbons (Fsp3) is 0.318. The predicted molar refractivity (Wildman–Crippen MR) is 123 cm³/mol. The molecule has 0 radical (unpaired) electrons. The monoisotopic (exact) mass is 467 g/mol. The molecular weight excluding hydrogens is 446 g/mol. The summed E-state index contributed by atoms with van der Waals surface area (Å²) in [6.07, 6.45) is 0.200. The maximum absolute atomic E-state index is 10.9. The minimum Gasteiger partial charge on any atom is -0.491 e. The lowest BCUT2D eigenvalue weighted by Crippen LogP contribution is -2.36. The summed E-state index contributed by atoms with van der Waals surface area (Å²) < 4.78 is 16.4. The second-order valence-corrected chi connectivity index (χ2v) is 8.47. The predicted octanol–water partition coefficient (Wildman–Crippen LogP) is 4.75. The van der Waals surface area contributed by atoms with Gasteiger partial charge in [-0.15, -0.1) is 10.2 Å². The molecule has 33 heavy (non-hydrogen) atoms. The number of aromatic nitrogens is 1. The molecule has 0 aliphatic carbocycles. The van der Waals surface area contributed by atoms with Gasteiger partial charge in [0.05, 0.1) is 30.4 Å². The van der Waals surface area contributed by atoms with Crippen LogP contribution in [-0.2, 0) is 9.47 Å². The normalized spacial score (nSPS) is 17.9. The van der Waals surface area contributed by atoms with Crippen LogP contribution < -0.4 is 9.64 Å². The molecule has 170 valence electrons. The van der Waals surface area contributed by atoms with Gasteiger partial charge in [-0.1, -0.05) is 11.3 Å². The fourth-order valence-corrected chi connectivity index (χ4v) is 4.22.